The molecule has 0 aromatic heterocycles. The Kier molecular flexibility index (Phi) is 6.45. The number of ether oxygens (including phenoxy) is 2. The molecule has 80 valence electrons. The molecule has 0 heterocycles. The van der Waals surface area contributed by atoms with Gasteiger partial charge in [0.1, 0.15) is 0 Å². The van der Waals surface area contributed by atoms with Crippen molar-refractivity contribution in [3.05, 3.63) is 12.2 Å². The molecule has 0 fully saturated rings. The average Bonchev–Trinajstić information content (AvgIpc) is 2.22. The first-order valence-corrected chi connectivity index (χ1v) is 4.48. The quantitative estimate of drug-likeness (QED) is 0.381. The number of carbonyl (C=O) groups excluding carboxylic acids is 2. The second-order valence-electron chi connectivity index (χ2n) is 2.71. The maximum absolute atomic E-state index is 11.1. The van der Waals surface area contributed by atoms with Gasteiger partial charge in [-0.05, 0) is 12.8 Å². The van der Waals surface area contributed by atoms with Gasteiger partial charge in [-0.15, -0.1) is 0 Å². The van der Waals surface area contributed by atoms with E-state index in [1.165, 1.54) is 14.2 Å². The first-order valence-electron chi connectivity index (χ1n) is 4.48. The van der Waals surface area contributed by atoms with Gasteiger partial charge in [0.25, 0.3) is 0 Å². The molecular weight excluding hydrogens is 184 g/mol. The molecule has 0 saturated heterocycles. The van der Waals surface area contributed by atoms with Crippen LogP contribution in [0, 0.1) is 5.92 Å². The third-order valence-electron chi connectivity index (χ3n) is 1.75. The lowest BCUT2D eigenvalue weighted by molar-refractivity contribution is -0.158. The Hall–Kier alpha value is -1.32. The van der Waals surface area contributed by atoms with Crippen molar-refractivity contribution in [3.8, 4) is 0 Å². The predicted molar refractivity (Wildman–Crippen MR) is 51.6 cm³/mol. The minimum absolute atomic E-state index is 0.327. The molecule has 0 N–H and O–H groups in total. The fraction of sp³-hybridized carbons (Fsp3) is 0.600. The summed E-state index contributed by atoms with van der Waals surface area (Å²) in [5, 5.41) is 0. The fourth-order valence-corrected chi connectivity index (χ4v) is 0.972. The highest BCUT2D eigenvalue weighted by Crippen LogP contribution is 2.09. The summed E-state index contributed by atoms with van der Waals surface area (Å²) in [6.07, 6.45) is 4.86. The van der Waals surface area contributed by atoms with Gasteiger partial charge in [-0.2, -0.15) is 0 Å². The van der Waals surface area contributed by atoms with Gasteiger partial charge in [0.05, 0.1) is 14.2 Å². The Morgan fingerprint density at radius 2 is 1.64 bits per heavy atom. The Bertz CT molecular complexity index is 204. The number of carbonyl (C=O) groups is 2. The molecule has 0 atom stereocenters. The second kappa shape index (κ2) is 7.12. The lowest BCUT2D eigenvalue weighted by Gasteiger charge is -2.09. The lowest BCUT2D eigenvalue weighted by Crippen LogP contribution is -2.25. The van der Waals surface area contributed by atoms with Gasteiger partial charge >= 0.3 is 11.9 Å². The fourth-order valence-electron chi connectivity index (χ4n) is 0.972. The molecular formula is C10H16O4. The van der Waals surface area contributed by atoms with Crippen LogP contribution < -0.4 is 0 Å². The van der Waals surface area contributed by atoms with E-state index in [0.717, 1.165) is 6.42 Å². The summed E-state index contributed by atoms with van der Waals surface area (Å²) in [5.74, 6) is -1.96. The molecule has 0 rings (SSSR count). The number of allylic oxidation sites excluding steroid dienone is 2. The van der Waals surface area contributed by atoms with Gasteiger partial charge in [-0.3, -0.25) is 9.59 Å². The summed E-state index contributed by atoms with van der Waals surface area (Å²) >= 11 is 0. The lowest BCUT2D eigenvalue weighted by atomic mass is 10.1. The zero-order chi connectivity index (χ0) is 11.0. The van der Waals surface area contributed by atoms with E-state index in [4.69, 9.17) is 0 Å². The average molecular weight is 200 g/mol. The van der Waals surface area contributed by atoms with E-state index in [-0.39, 0.29) is 0 Å². The van der Waals surface area contributed by atoms with Crippen LogP contribution in [0.25, 0.3) is 0 Å². The van der Waals surface area contributed by atoms with Crippen LogP contribution in [0.5, 0.6) is 0 Å². The molecule has 0 radical (unpaired) electrons. The first kappa shape index (κ1) is 12.7. The predicted octanol–water partition coefficient (Wildman–Crippen LogP) is 1.30. The van der Waals surface area contributed by atoms with E-state index >= 15 is 0 Å². The molecule has 4 nitrogen and oxygen atoms in total. The van der Waals surface area contributed by atoms with Crippen molar-refractivity contribution in [2.24, 2.45) is 5.92 Å². The van der Waals surface area contributed by atoms with Gasteiger partial charge in [0.2, 0.25) is 0 Å². The van der Waals surface area contributed by atoms with Gasteiger partial charge < -0.3 is 9.47 Å². The largest absolute Gasteiger partial charge is 0.468 e. The summed E-state index contributed by atoms with van der Waals surface area (Å²) in [5.41, 5.74) is 0. The van der Waals surface area contributed by atoms with Crippen LogP contribution in [0.2, 0.25) is 0 Å². The second-order valence-corrected chi connectivity index (χ2v) is 2.71. The molecule has 0 aromatic carbocycles. The highest BCUT2D eigenvalue weighted by molar-refractivity contribution is 5.94. The number of hydrogen-bond acceptors (Lipinski definition) is 4. The van der Waals surface area contributed by atoms with Crippen LogP contribution in [-0.4, -0.2) is 26.2 Å². The van der Waals surface area contributed by atoms with Crippen molar-refractivity contribution >= 4 is 11.9 Å². The molecule has 0 aliphatic rings. The van der Waals surface area contributed by atoms with Crippen molar-refractivity contribution in [1.29, 1.82) is 0 Å². The van der Waals surface area contributed by atoms with Gasteiger partial charge in [-0.1, -0.05) is 19.1 Å². The van der Waals surface area contributed by atoms with Crippen molar-refractivity contribution in [3.63, 3.8) is 0 Å². The van der Waals surface area contributed by atoms with Crippen LogP contribution in [0.4, 0.5) is 0 Å². The molecule has 0 aliphatic heterocycles. The summed E-state index contributed by atoms with van der Waals surface area (Å²) in [4.78, 5) is 22.3. The summed E-state index contributed by atoms with van der Waals surface area (Å²) < 4.78 is 8.98. The molecule has 0 aromatic rings. The van der Waals surface area contributed by atoms with E-state index in [2.05, 4.69) is 9.47 Å². The summed E-state index contributed by atoms with van der Waals surface area (Å²) in [6.45, 7) is 1.97. The third-order valence-corrected chi connectivity index (χ3v) is 1.75. The van der Waals surface area contributed by atoms with Crippen LogP contribution in [0.15, 0.2) is 12.2 Å². The zero-order valence-corrected chi connectivity index (χ0v) is 8.78. The topological polar surface area (TPSA) is 52.6 Å². The van der Waals surface area contributed by atoms with Gasteiger partial charge in [0, 0.05) is 0 Å². The minimum Gasteiger partial charge on any atom is -0.468 e. The van der Waals surface area contributed by atoms with E-state index < -0.39 is 17.9 Å². The minimum atomic E-state index is -0.840. The molecule has 4 heteroatoms. The van der Waals surface area contributed by atoms with Crippen molar-refractivity contribution in [1.82, 2.24) is 0 Å². The molecule has 0 spiro atoms. The maximum atomic E-state index is 11.1. The van der Waals surface area contributed by atoms with E-state index in [1.807, 2.05) is 13.0 Å². The van der Waals surface area contributed by atoms with E-state index in [1.54, 1.807) is 6.08 Å². The zero-order valence-electron chi connectivity index (χ0n) is 8.78. The standard InChI is InChI=1S/C10H16O4/c1-4-5-6-7-8(9(11)13-2)10(12)14-3/h5-6,8H,4,7H2,1-3H3. The van der Waals surface area contributed by atoms with Gasteiger partial charge in [-0.25, -0.2) is 0 Å². The molecule has 0 aliphatic carbocycles. The molecule has 14 heavy (non-hydrogen) atoms. The number of methoxy groups -OCH3 is 2. The first-order chi connectivity index (χ1) is 6.67. The highest BCUT2D eigenvalue weighted by Gasteiger charge is 2.26. The van der Waals surface area contributed by atoms with Crippen LogP contribution in [0.1, 0.15) is 19.8 Å². The van der Waals surface area contributed by atoms with Crippen molar-refractivity contribution < 1.29 is 19.1 Å². The van der Waals surface area contributed by atoms with Crippen LogP contribution in [-0.2, 0) is 19.1 Å². The van der Waals surface area contributed by atoms with E-state index in [0.29, 0.717) is 6.42 Å². The maximum Gasteiger partial charge on any atom is 0.320 e. The Labute approximate surface area is 83.9 Å². The van der Waals surface area contributed by atoms with Crippen molar-refractivity contribution in [2.75, 3.05) is 14.2 Å². The Morgan fingerprint density at radius 1 is 1.14 bits per heavy atom. The van der Waals surface area contributed by atoms with Crippen LogP contribution in [0.3, 0.4) is 0 Å². The number of esters is 2. The Balaban J connectivity index is 4.32. The monoisotopic (exact) mass is 200 g/mol. The number of rotatable bonds is 5. The molecule has 0 saturated carbocycles. The van der Waals surface area contributed by atoms with E-state index in [9.17, 15) is 9.59 Å². The molecule has 0 amide bonds. The number of hydrogen-bond donors (Lipinski definition) is 0. The highest BCUT2D eigenvalue weighted by atomic mass is 16.5. The van der Waals surface area contributed by atoms with Crippen LogP contribution >= 0.6 is 0 Å². The normalized spacial score (nSPS) is 10.6. The molecule has 0 bridgehead atoms. The van der Waals surface area contributed by atoms with Gasteiger partial charge in [0.15, 0.2) is 5.92 Å². The Morgan fingerprint density at radius 3 is 2.00 bits per heavy atom. The molecule has 0 unspecified atom stereocenters. The summed E-state index contributed by atoms with van der Waals surface area (Å²) in [6, 6.07) is 0. The smallest absolute Gasteiger partial charge is 0.320 e. The SMILES string of the molecule is CCC=CCC(C(=O)OC)C(=O)OC. The van der Waals surface area contributed by atoms with Crippen molar-refractivity contribution in [2.45, 2.75) is 19.8 Å². The summed E-state index contributed by atoms with van der Waals surface area (Å²) in [7, 11) is 2.50. The third kappa shape index (κ3) is 4.07.